The fraction of sp³-hybridized carbons (Fsp3) is 0.429. The monoisotopic (exact) mass is 596 g/mol. The fourth-order valence-electron chi connectivity index (χ4n) is 7.81. The van der Waals surface area contributed by atoms with E-state index in [1.807, 2.05) is 39.0 Å². The zero-order valence-corrected chi connectivity index (χ0v) is 25.9. The highest BCUT2D eigenvalue weighted by Gasteiger charge is 2.50. The van der Waals surface area contributed by atoms with Crippen LogP contribution in [0.1, 0.15) is 64.5 Å². The maximum atomic E-state index is 12.1. The normalized spacial score (nSPS) is 33.2. The van der Waals surface area contributed by atoms with Crippen molar-refractivity contribution in [2.24, 2.45) is 27.7 Å². The maximum Gasteiger partial charge on any atom is 0.304 e. The quantitative estimate of drug-likeness (QED) is 0.325. The van der Waals surface area contributed by atoms with Gasteiger partial charge in [-0.25, -0.2) is 0 Å². The standard InChI is InChI=1S/C35H40N4O5/c1-7-19-15(3)23-12-25-17(5)21(9-10-29(40)41)33(38-25)32-22(11-30(42)43)35(44)31-18(6)26(39-34(31)32)14-28-20(8-2)16(4)24(37-28)13-27(19)36-23/h7,12-14,17,21-22,24,34-36,39,44H,1,8-11H2,2-6H3,(H,40,41)(H,42,43)/b23-12+,26-14-,27-13-,33-32-. The molecule has 1 aliphatic carbocycles. The van der Waals surface area contributed by atoms with Gasteiger partial charge in [0.05, 0.1) is 30.3 Å². The van der Waals surface area contributed by atoms with E-state index in [1.165, 1.54) is 11.1 Å². The Morgan fingerprint density at radius 1 is 1.07 bits per heavy atom. The first-order valence-electron chi connectivity index (χ1n) is 15.4. The van der Waals surface area contributed by atoms with E-state index in [0.29, 0.717) is 12.1 Å². The Morgan fingerprint density at radius 2 is 1.82 bits per heavy atom. The lowest BCUT2D eigenvalue weighted by atomic mass is 9.82. The number of rotatable bonds is 7. The lowest BCUT2D eigenvalue weighted by Crippen LogP contribution is -2.28. The molecule has 1 aromatic rings. The number of carbonyl (C=O) groups is 2. The van der Waals surface area contributed by atoms with Gasteiger partial charge in [-0.3, -0.25) is 19.6 Å². The van der Waals surface area contributed by atoms with Gasteiger partial charge in [0.15, 0.2) is 0 Å². The number of nitrogens with zero attached hydrogens (tertiary/aromatic N) is 2. The van der Waals surface area contributed by atoms with Gasteiger partial charge in [-0.15, -0.1) is 0 Å². The van der Waals surface area contributed by atoms with Crippen LogP contribution < -0.4 is 16.0 Å². The van der Waals surface area contributed by atoms with E-state index in [2.05, 4.69) is 36.8 Å². The van der Waals surface area contributed by atoms with Gasteiger partial charge in [0.25, 0.3) is 0 Å². The van der Waals surface area contributed by atoms with E-state index in [9.17, 15) is 24.9 Å². The van der Waals surface area contributed by atoms with Crippen LogP contribution in [0.15, 0.2) is 61.9 Å². The van der Waals surface area contributed by atoms with Crippen LogP contribution in [0, 0.1) is 24.7 Å². The van der Waals surface area contributed by atoms with Crippen molar-refractivity contribution < 1.29 is 24.9 Å². The molecule has 6 rings (SSSR count). The summed E-state index contributed by atoms with van der Waals surface area (Å²) in [5.41, 5.74) is 9.95. The summed E-state index contributed by atoms with van der Waals surface area (Å²) in [5, 5.41) is 36.6. The Hall–Kier alpha value is -4.24. The number of fused-ring (bicyclic) bond motifs is 5. The second kappa shape index (κ2) is 11.0. The minimum atomic E-state index is -1.01. The minimum absolute atomic E-state index is 0.0420. The highest BCUT2D eigenvalue weighted by molar-refractivity contribution is 6.14. The van der Waals surface area contributed by atoms with Crippen molar-refractivity contribution in [3.8, 4) is 0 Å². The number of aliphatic hydroxyl groups excluding tert-OH is 1. The van der Waals surface area contributed by atoms with Crippen LogP contribution in [0.25, 0.3) is 18.2 Å². The molecule has 0 radical (unpaired) electrons. The molecular weight excluding hydrogens is 556 g/mol. The second-order valence-corrected chi connectivity index (χ2v) is 12.6. The summed E-state index contributed by atoms with van der Waals surface area (Å²) in [6, 6.07) is -0.587. The third-order valence-corrected chi connectivity index (χ3v) is 10.2. The number of allylic oxidation sites excluding steroid dienone is 4. The average Bonchev–Trinajstić information content (AvgIpc) is 3.69. The van der Waals surface area contributed by atoms with Crippen LogP contribution in [0.2, 0.25) is 0 Å². The first-order valence-corrected chi connectivity index (χ1v) is 15.4. The summed E-state index contributed by atoms with van der Waals surface area (Å²) in [7, 11) is 0. The number of aliphatic imine (C=N–C) groups is 2. The molecule has 5 N–H and O–H groups in total. The van der Waals surface area contributed by atoms with Crippen molar-refractivity contribution in [3.05, 3.63) is 73.7 Å². The van der Waals surface area contributed by atoms with E-state index in [4.69, 9.17) is 9.98 Å². The SMILES string of the molecule is C=Cc1c(C)/c2[nH]/c1=C\C1N=C(/C=C3\NC4C(=C3C)C(O)C(CC(=O)O)/C4=C3N=C(/C=2)C(C)C/3CCC(=O)O)C(CC)=C1C. The first-order chi connectivity index (χ1) is 20.9. The van der Waals surface area contributed by atoms with Crippen molar-refractivity contribution in [2.75, 3.05) is 0 Å². The number of aromatic amines is 1. The molecule has 0 saturated heterocycles. The lowest BCUT2D eigenvalue weighted by molar-refractivity contribution is -0.138. The topological polar surface area (TPSA) is 147 Å². The van der Waals surface area contributed by atoms with Crippen molar-refractivity contribution in [1.82, 2.24) is 10.3 Å². The van der Waals surface area contributed by atoms with Crippen LogP contribution in [0.4, 0.5) is 0 Å². The molecule has 0 amide bonds. The second-order valence-electron chi connectivity index (χ2n) is 12.6. The Labute approximate surface area is 256 Å². The predicted octanol–water partition coefficient (Wildman–Crippen LogP) is 3.55. The number of hydrogen-bond acceptors (Lipinski definition) is 6. The molecule has 1 saturated carbocycles. The third-order valence-electron chi connectivity index (χ3n) is 10.2. The number of carboxylic acids is 2. The van der Waals surface area contributed by atoms with Gasteiger partial charge in [-0.05, 0) is 85.3 Å². The Kier molecular flexibility index (Phi) is 7.48. The van der Waals surface area contributed by atoms with Gasteiger partial charge in [0.2, 0.25) is 0 Å². The predicted molar refractivity (Wildman–Crippen MR) is 171 cm³/mol. The molecule has 5 heterocycles. The molecule has 8 bridgehead atoms. The smallest absolute Gasteiger partial charge is 0.304 e. The van der Waals surface area contributed by atoms with Crippen LogP contribution in [-0.2, 0) is 9.59 Å². The molecule has 1 fully saturated rings. The molecule has 9 heteroatoms. The molecule has 230 valence electrons. The molecule has 5 aliphatic rings. The maximum absolute atomic E-state index is 12.1. The summed E-state index contributed by atoms with van der Waals surface area (Å²) >= 11 is 0. The molecule has 9 nitrogen and oxygen atoms in total. The molecule has 44 heavy (non-hydrogen) atoms. The Bertz CT molecular complexity index is 1810. The first kappa shape index (κ1) is 29.8. The van der Waals surface area contributed by atoms with Gasteiger partial charge in [-0.1, -0.05) is 26.5 Å². The molecule has 6 unspecified atom stereocenters. The molecular formula is C35H40N4O5. The summed E-state index contributed by atoms with van der Waals surface area (Å²) in [5.74, 6) is -2.96. The average molecular weight is 597 g/mol. The zero-order valence-electron chi connectivity index (χ0n) is 25.9. The molecule has 0 aromatic carbocycles. The van der Waals surface area contributed by atoms with E-state index < -0.39 is 30.0 Å². The molecule has 1 aromatic heterocycles. The number of aromatic nitrogens is 1. The minimum Gasteiger partial charge on any atom is -0.481 e. The molecule has 0 spiro atoms. The highest BCUT2D eigenvalue weighted by Crippen LogP contribution is 2.50. The largest absolute Gasteiger partial charge is 0.481 e. The van der Waals surface area contributed by atoms with E-state index in [0.717, 1.165) is 62.1 Å². The van der Waals surface area contributed by atoms with E-state index in [1.54, 1.807) is 0 Å². The van der Waals surface area contributed by atoms with Crippen molar-refractivity contribution in [1.29, 1.82) is 0 Å². The number of H-pyrrole nitrogens is 1. The lowest BCUT2D eigenvalue weighted by Gasteiger charge is -2.24. The van der Waals surface area contributed by atoms with Gasteiger partial charge in [-0.2, -0.15) is 0 Å². The highest BCUT2D eigenvalue weighted by atomic mass is 16.4. The van der Waals surface area contributed by atoms with Crippen molar-refractivity contribution >= 4 is 41.6 Å². The molecule has 4 aliphatic heterocycles. The van der Waals surface area contributed by atoms with Gasteiger partial charge in [0.1, 0.15) is 0 Å². The fourth-order valence-corrected chi connectivity index (χ4v) is 7.81. The van der Waals surface area contributed by atoms with Crippen LogP contribution in [0.5, 0.6) is 0 Å². The van der Waals surface area contributed by atoms with Crippen molar-refractivity contribution in [2.45, 2.75) is 78.5 Å². The molecule has 6 atom stereocenters. The zero-order chi connectivity index (χ0) is 31.6. The number of aliphatic hydroxyl groups is 1. The summed E-state index contributed by atoms with van der Waals surface area (Å²) in [4.78, 5) is 37.7. The van der Waals surface area contributed by atoms with E-state index >= 15 is 0 Å². The van der Waals surface area contributed by atoms with Gasteiger partial charge >= 0.3 is 11.9 Å². The number of aliphatic carboxylic acids is 2. The van der Waals surface area contributed by atoms with Gasteiger partial charge in [0, 0.05) is 57.5 Å². The Balaban J connectivity index is 1.68. The number of hydrogen-bond donors (Lipinski definition) is 5. The number of carboxylic acid groups (broad SMARTS) is 2. The van der Waals surface area contributed by atoms with Crippen LogP contribution >= 0.6 is 0 Å². The van der Waals surface area contributed by atoms with Crippen LogP contribution in [-0.4, -0.2) is 61.9 Å². The van der Waals surface area contributed by atoms with Gasteiger partial charge < -0.3 is 25.6 Å². The Morgan fingerprint density at radius 3 is 2.48 bits per heavy atom. The summed E-state index contributed by atoms with van der Waals surface area (Å²) in [6.07, 6.45) is 7.92. The van der Waals surface area contributed by atoms with Crippen molar-refractivity contribution in [3.63, 3.8) is 0 Å². The van der Waals surface area contributed by atoms with Crippen LogP contribution in [0.3, 0.4) is 0 Å². The van der Waals surface area contributed by atoms with E-state index in [-0.39, 0.29) is 30.7 Å². The summed E-state index contributed by atoms with van der Waals surface area (Å²) in [6.45, 7) is 14.4. The number of nitrogens with one attached hydrogen (secondary N) is 2. The summed E-state index contributed by atoms with van der Waals surface area (Å²) < 4.78 is 0. The third kappa shape index (κ3) is 4.65.